The number of nitrogens with one attached hydrogen (secondary N) is 2. The highest BCUT2D eigenvalue weighted by Gasteiger charge is 2.31. The first-order chi connectivity index (χ1) is 13.3. The number of thiocarbonyl (C=S) groups is 1. The SMILES string of the molecule is CONc1cc(C(F)(F)F)ccc1Oc1cccc(/C=C2/SC(=S)NC2=O)c1. The molecule has 1 amide bonds. The largest absolute Gasteiger partial charge is 0.455 e. The van der Waals surface area contributed by atoms with Crippen LogP contribution in [0.25, 0.3) is 6.08 Å². The van der Waals surface area contributed by atoms with Crippen molar-refractivity contribution in [3.05, 3.63) is 58.5 Å². The predicted molar refractivity (Wildman–Crippen MR) is 105 cm³/mol. The van der Waals surface area contributed by atoms with Crippen molar-refractivity contribution < 1.29 is 27.5 Å². The fourth-order valence-electron chi connectivity index (χ4n) is 2.35. The Morgan fingerprint density at radius 3 is 2.64 bits per heavy atom. The number of anilines is 1. The Hall–Kier alpha value is -2.56. The Morgan fingerprint density at radius 2 is 2.00 bits per heavy atom. The third-order valence-electron chi connectivity index (χ3n) is 3.54. The summed E-state index contributed by atoms with van der Waals surface area (Å²) in [6, 6.07) is 9.77. The van der Waals surface area contributed by atoms with Gasteiger partial charge in [-0.1, -0.05) is 36.1 Å². The molecule has 0 bridgehead atoms. The molecule has 1 aliphatic rings. The van der Waals surface area contributed by atoms with Crippen molar-refractivity contribution in [2.75, 3.05) is 12.6 Å². The van der Waals surface area contributed by atoms with Crippen molar-refractivity contribution in [1.29, 1.82) is 0 Å². The van der Waals surface area contributed by atoms with Gasteiger partial charge in [-0.25, -0.2) is 0 Å². The number of hydrogen-bond acceptors (Lipinski definition) is 6. The Kier molecular flexibility index (Phi) is 5.92. The van der Waals surface area contributed by atoms with E-state index < -0.39 is 11.7 Å². The van der Waals surface area contributed by atoms with Gasteiger partial charge in [0.1, 0.15) is 15.8 Å². The maximum absolute atomic E-state index is 12.9. The average molecular weight is 426 g/mol. The second kappa shape index (κ2) is 8.21. The Labute approximate surface area is 167 Å². The van der Waals surface area contributed by atoms with Crippen LogP contribution in [0.5, 0.6) is 11.5 Å². The molecule has 5 nitrogen and oxygen atoms in total. The quantitative estimate of drug-likeness (QED) is 0.400. The lowest BCUT2D eigenvalue weighted by atomic mass is 10.1. The van der Waals surface area contributed by atoms with Crippen LogP contribution >= 0.6 is 24.0 Å². The standard InChI is InChI=1S/C18H13F3N2O3S2/c1-25-23-13-9-11(18(19,20)21)5-6-14(13)26-12-4-2-3-10(7-12)8-15-16(24)22-17(27)28-15/h2-9,23H,1H3,(H,22,24,27)/b15-8+. The summed E-state index contributed by atoms with van der Waals surface area (Å²) in [5.41, 5.74) is 2.25. The lowest BCUT2D eigenvalue weighted by Gasteiger charge is -2.15. The first kappa shape index (κ1) is 20.2. The lowest BCUT2D eigenvalue weighted by molar-refractivity contribution is -0.137. The molecule has 0 aliphatic carbocycles. The van der Waals surface area contributed by atoms with Crippen LogP contribution in [0.2, 0.25) is 0 Å². The van der Waals surface area contributed by atoms with E-state index in [0.29, 0.717) is 20.5 Å². The van der Waals surface area contributed by atoms with Gasteiger partial charge in [0.15, 0.2) is 5.75 Å². The van der Waals surface area contributed by atoms with E-state index in [1.807, 2.05) is 0 Å². The average Bonchev–Trinajstić information content (AvgIpc) is 2.93. The Balaban J connectivity index is 1.87. The molecule has 0 unspecified atom stereocenters. The minimum absolute atomic E-state index is 0.0251. The second-order valence-electron chi connectivity index (χ2n) is 5.54. The highest BCUT2D eigenvalue weighted by molar-refractivity contribution is 8.26. The van der Waals surface area contributed by atoms with E-state index in [2.05, 4.69) is 10.8 Å². The maximum atomic E-state index is 12.9. The summed E-state index contributed by atoms with van der Waals surface area (Å²) in [6.45, 7) is 0. The summed E-state index contributed by atoms with van der Waals surface area (Å²) in [5, 5.41) is 2.52. The molecule has 0 spiro atoms. The highest BCUT2D eigenvalue weighted by atomic mass is 32.2. The molecule has 1 saturated heterocycles. The van der Waals surface area contributed by atoms with Crippen molar-refractivity contribution >= 4 is 46.0 Å². The van der Waals surface area contributed by atoms with Crippen LogP contribution in [-0.4, -0.2) is 17.3 Å². The molecule has 2 aromatic carbocycles. The van der Waals surface area contributed by atoms with Gasteiger partial charge in [0.05, 0.1) is 17.6 Å². The zero-order chi connectivity index (χ0) is 20.3. The molecule has 0 saturated carbocycles. The molecule has 28 heavy (non-hydrogen) atoms. The minimum atomic E-state index is -4.49. The normalized spacial score (nSPS) is 15.6. The molecule has 1 aliphatic heterocycles. The lowest BCUT2D eigenvalue weighted by Crippen LogP contribution is -2.17. The first-order valence-electron chi connectivity index (χ1n) is 7.79. The molecule has 0 atom stereocenters. The zero-order valence-electron chi connectivity index (χ0n) is 14.3. The van der Waals surface area contributed by atoms with E-state index in [1.165, 1.54) is 13.2 Å². The third kappa shape index (κ3) is 4.83. The molecular weight excluding hydrogens is 413 g/mol. The number of amides is 1. The van der Waals surface area contributed by atoms with Crippen LogP contribution in [0.3, 0.4) is 0 Å². The molecule has 2 aromatic rings. The molecule has 2 N–H and O–H groups in total. The topological polar surface area (TPSA) is 59.6 Å². The first-order valence-corrected chi connectivity index (χ1v) is 9.02. The number of alkyl halides is 3. The second-order valence-corrected chi connectivity index (χ2v) is 7.26. The molecular formula is C18H13F3N2O3S2. The van der Waals surface area contributed by atoms with Crippen LogP contribution in [-0.2, 0) is 15.8 Å². The summed E-state index contributed by atoms with van der Waals surface area (Å²) in [7, 11) is 1.28. The minimum Gasteiger partial charge on any atom is -0.455 e. The number of ether oxygens (including phenoxy) is 1. The molecule has 1 fully saturated rings. The number of benzene rings is 2. The summed E-state index contributed by atoms with van der Waals surface area (Å²) in [4.78, 5) is 16.9. The molecule has 1 heterocycles. The van der Waals surface area contributed by atoms with Crippen LogP contribution in [0.4, 0.5) is 18.9 Å². The van der Waals surface area contributed by atoms with Crippen LogP contribution < -0.4 is 15.5 Å². The van der Waals surface area contributed by atoms with Crippen molar-refractivity contribution in [1.82, 2.24) is 5.32 Å². The van der Waals surface area contributed by atoms with Gasteiger partial charge in [0, 0.05) is 0 Å². The van der Waals surface area contributed by atoms with Gasteiger partial charge in [-0.3, -0.25) is 15.1 Å². The summed E-state index contributed by atoms with van der Waals surface area (Å²) in [5.74, 6) is 0.240. The Morgan fingerprint density at radius 1 is 1.21 bits per heavy atom. The van der Waals surface area contributed by atoms with Crippen molar-refractivity contribution in [3.8, 4) is 11.5 Å². The number of carbonyl (C=O) groups excluding carboxylic acids is 1. The van der Waals surface area contributed by atoms with E-state index in [1.54, 1.807) is 30.3 Å². The van der Waals surface area contributed by atoms with Gasteiger partial charge < -0.3 is 10.1 Å². The zero-order valence-corrected chi connectivity index (χ0v) is 15.9. The molecule has 146 valence electrons. The smallest absolute Gasteiger partial charge is 0.416 e. The summed E-state index contributed by atoms with van der Waals surface area (Å²) in [6.07, 6.45) is -2.85. The molecule has 3 rings (SSSR count). The van der Waals surface area contributed by atoms with E-state index in [-0.39, 0.29) is 17.3 Å². The van der Waals surface area contributed by atoms with Crippen LogP contribution in [0, 0.1) is 0 Å². The number of hydrogen-bond donors (Lipinski definition) is 2. The number of thioether (sulfide) groups is 1. The number of carbonyl (C=O) groups is 1. The van der Waals surface area contributed by atoms with Crippen LogP contribution in [0.15, 0.2) is 47.4 Å². The summed E-state index contributed by atoms with van der Waals surface area (Å²) >= 11 is 6.09. The van der Waals surface area contributed by atoms with Crippen molar-refractivity contribution in [3.63, 3.8) is 0 Å². The molecule has 10 heteroatoms. The number of rotatable bonds is 5. The van der Waals surface area contributed by atoms with E-state index in [4.69, 9.17) is 21.8 Å². The predicted octanol–water partition coefficient (Wildman–Crippen LogP) is 4.96. The van der Waals surface area contributed by atoms with E-state index >= 15 is 0 Å². The van der Waals surface area contributed by atoms with Gasteiger partial charge in [-0.15, -0.1) is 0 Å². The van der Waals surface area contributed by atoms with Gasteiger partial charge >= 0.3 is 6.18 Å². The van der Waals surface area contributed by atoms with Crippen molar-refractivity contribution in [2.45, 2.75) is 6.18 Å². The Bertz CT molecular complexity index is 961. The fraction of sp³-hybridized carbons (Fsp3) is 0.111. The number of halogens is 3. The van der Waals surface area contributed by atoms with Crippen molar-refractivity contribution in [2.24, 2.45) is 0 Å². The van der Waals surface area contributed by atoms with Gasteiger partial charge in [-0.05, 0) is 42.0 Å². The monoisotopic (exact) mass is 426 g/mol. The molecule has 0 radical (unpaired) electrons. The van der Waals surface area contributed by atoms with Crippen LogP contribution in [0.1, 0.15) is 11.1 Å². The van der Waals surface area contributed by atoms with Gasteiger partial charge in [0.2, 0.25) is 0 Å². The highest BCUT2D eigenvalue weighted by Crippen LogP contribution is 2.37. The van der Waals surface area contributed by atoms with Gasteiger partial charge in [-0.2, -0.15) is 13.2 Å². The van der Waals surface area contributed by atoms with Gasteiger partial charge in [0.25, 0.3) is 5.91 Å². The maximum Gasteiger partial charge on any atom is 0.416 e. The van der Waals surface area contributed by atoms with E-state index in [0.717, 1.165) is 23.9 Å². The summed E-state index contributed by atoms with van der Waals surface area (Å²) < 4.78 is 44.8. The fourth-order valence-corrected chi connectivity index (χ4v) is 3.40. The molecule has 0 aromatic heterocycles. The third-order valence-corrected chi connectivity index (χ3v) is 4.71. The van der Waals surface area contributed by atoms with E-state index in [9.17, 15) is 18.0 Å².